The fourth-order valence-corrected chi connectivity index (χ4v) is 1.32. The van der Waals surface area contributed by atoms with Crippen LogP contribution in [0.1, 0.15) is 6.92 Å². The van der Waals surface area contributed by atoms with Crippen LogP contribution in [0.4, 0.5) is 11.4 Å². The maximum atomic E-state index is 5.68. The van der Waals surface area contributed by atoms with Crippen LogP contribution in [-0.2, 0) is 6.54 Å². The molecule has 0 atom stereocenters. The third-order valence-corrected chi connectivity index (χ3v) is 2.23. The number of rotatable bonds is 3. The van der Waals surface area contributed by atoms with Crippen LogP contribution >= 0.6 is 0 Å². The Morgan fingerprint density at radius 1 is 1.25 bits per heavy atom. The number of hydrogen-bond donors (Lipinski definition) is 2. The van der Waals surface area contributed by atoms with Crippen molar-refractivity contribution >= 4 is 11.4 Å². The summed E-state index contributed by atoms with van der Waals surface area (Å²) in [4.78, 5) is 0. The minimum absolute atomic E-state index is 0.514. The maximum Gasteiger partial charge on any atom is 0.165 e. The van der Waals surface area contributed by atoms with Gasteiger partial charge < -0.3 is 16.2 Å². The minimum Gasteiger partial charge on any atom is -0.454 e. The van der Waals surface area contributed by atoms with Crippen molar-refractivity contribution in [3.8, 4) is 11.5 Å². The van der Waals surface area contributed by atoms with Crippen molar-refractivity contribution in [2.45, 2.75) is 13.5 Å². The van der Waals surface area contributed by atoms with Gasteiger partial charge in [-0.1, -0.05) is 0 Å². The van der Waals surface area contributed by atoms with Crippen molar-refractivity contribution in [1.29, 1.82) is 0 Å². The third kappa shape index (κ3) is 2.08. The van der Waals surface area contributed by atoms with E-state index >= 15 is 0 Å². The van der Waals surface area contributed by atoms with Crippen LogP contribution in [0.15, 0.2) is 30.6 Å². The molecule has 0 amide bonds. The van der Waals surface area contributed by atoms with Gasteiger partial charge in [0.2, 0.25) is 0 Å². The number of benzene rings is 1. The molecule has 2 rings (SSSR count). The van der Waals surface area contributed by atoms with Gasteiger partial charge in [0.05, 0.1) is 23.8 Å². The van der Waals surface area contributed by atoms with E-state index in [2.05, 4.69) is 5.10 Å². The first-order valence-corrected chi connectivity index (χ1v) is 5.04. The topological polar surface area (TPSA) is 79.1 Å². The lowest BCUT2D eigenvalue weighted by Gasteiger charge is -2.05. The van der Waals surface area contributed by atoms with Gasteiger partial charge in [-0.3, -0.25) is 4.68 Å². The van der Waals surface area contributed by atoms with Gasteiger partial charge in [0.15, 0.2) is 5.75 Å². The molecule has 0 spiro atoms. The van der Waals surface area contributed by atoms with E-state index in [0.717, 1.165) is 6.54 Å². The summed E-state index contributed by atoms with van der Waals surface area (Å²) >= 11 is 0. The van der Waals surface area contributed by atoms with E-state index < -0.39 is 0 Å². The zero-order chi connectivity index (χ0) is 11.5. The molecule has 1 aromatic carbocycles. The van der Waals surface area contributed by atoms with E-state index in [1.54, 1.807) is 29.1 Å². The molecule has 0 saturated heterocycles. The molecule has 0 bridgehead atoms. The van der Waals surface area contributed by atoms with Gasteiger partial charge in [-0.05, 0) is 19.1 Å². The molecule has 1 aromatic heterocycles. The molecular formula is C11H14N4O. The summed E-state index contributed by atoms with van der Waals surface area (Å²) in [5.41, 5.74) is 12.4. The lowest BCUT2D eigenvalue weighted by Crippen LogP contribution is -1.94. The van der Waals surface area contributed by atoms with Gasteiger partial charge >= 0.3 is 0 Å². The predicted octanol–water partition coefficient (Wildman–Crippen LogP) is 1.86. The Morgan fingerprint density at radius 2 is 2.06 bits per heavy atom. The zero-order valence-corrected chi connectivity index (χ0v) is 9.05. The van der Waals surface area contributed by atoms with Crippen LogP contribution in [0, 0.1) is 0 Å². The highest BCUT2D eigenvalue weighted by Crippen LogP contribution is 2.25. The van der Waals surface area contributed by atoms with Crippen LogP contribution in [0.3, 0.4) is 0 Å². The smallest absolute Gasteiger partial charge is 0.165 e. The molecule has 0 radical (unpaired) electrons. The second-order valence-electron chi connectivity index (χ2n) is 3.42. The van der Waals surface area contributed by atoms with Gasteiger partial charge in [-0.25, -0.2) is 0 Å². The summed E-state index contributed by atoms with van der Waals surface area (Å²) < 4.78 is 7.37. The molecule has 0 unspecified atom stereocenters. The molecule has 0 aliphatic carbocycles. The first-order chi connectivity index (χ1) is 7.69. The highest BCUT2D eigenvalue weighted by Gasteiger charge is 2.02. The fourth-order valence-electron chi connectivity index (χ4n) is 1.32. The Hall–Kier alpha value is -2.17. The van der Waals surface area contributed by atoms with Crippen molar-refractivity contribution < 1.29 is 4.74 Å². The second kappa shape index (κ2) is 4.14. The molecule has 4 N–H and O–H groups in total. The lowest BCUT2D eigenvalue weighted by molar-refractivity contribution is 0.481. The molecule has 1 heterocycles. The number of hydrogen-bond acceptors (Lipinski definition) is 4. The van der Waals surface area contributed by atoms with E-state index in [0.29, 0.717) is 22.9 Å². The molecule has 0 saturated carbocycles. The first kappa shape index (κ1) is 10.4. The third-order valence-electron chi connectivity index (χ3n) is 2.23. The van der Waals surface area contributed by atoms with Gasteiger partial charge in [0, 0.05) is 12.6 Å². The SMILES string of the molecule is CCn1cc(Oc2ccc(N)c(N)c2)cn1. The number of anilines is 2. The Kier molecular flexibility index (Phi) is 2.68. The molecule has 0 aliphatic rings. The molecule has 0 aliphatic heterocycles. The molecule has 16 heavy (non-hydrogen) atoms. The molecule has 0 fully saturated rings. The summed E-state index contributed by atoms with van der Waals surface area (Å²) in [5, 5.41) is 4.11. The average Bonchev–Trinajstić information content (AvgIpc) is 2.71. The molecule has 84 valence electrons. The highest BCUT2D eigenvalue weighted by atomic mass is 16.5. The van der Waals surface area contributed by atoms with Gasteiger partial charge in [0.1, 0.15) is 5.75 Å². The zero-order valence-electron chi connectivity index (χ0n) is 9.05. The Balaban J connectivity index is 2.17. The van der Waals surface area contributed by atoms with E-state index in [9.17, 15) is 0 Å². The molecule has 5 heteroatoms. The van der Waals surface area contributed by atoms with Crippen molar-refractivity contribution in [2.75, 3.05) is 11.5 Å². The van der Waals surface area contributed by atoms with Crippen LogP contribution in [0.2, 0.25) is 0 Å². The van der Waals surface area contributed by atoms with Crippen LogP contribution < -0.4 is 16.2 Å². The van der Waals surface area contributed by atoms with Gasteiger partial charge in [-0.2, -0.15) is 5.10 Å². The summed E-state index contributed by atoms with van der Waals surface area (Å²) in [6.45, 7) is 2.82. The first-order valence-electron chi connectivity index (χ1n) is 5.04. The number of ether oxygens (including phenoxy) is 1. The summed E-state index contributed by atoms with van der Waals surface area (Å²) in [5.74, 6) is 1.34. The fraction of sp³-hybridized carbons (Fsp3) is 0.182. The molecule has 5 nitrogen and oxygen atoms in total. The Labute approximate surface area is 93.6 Å². The standard InChI is InChI=1S/C11H14N4O/c1-2-15-7-9(6-14-15)16-8-3-4-10(12)11(13)5-8/h3-7H,2,12-13H2,1H3. The highest BCUT2D eigenvalue weighted by molar-refractivity contribution is 5.65. The summed E-state index contributed by atoms with van der Waals surface area (Å²) in [6.07, 6.45) is 3.49. The number of nitrogens with zero attached hydrogens (tertiary/aromatic N) is 2. The number of aryl methyl sites for hydroxylation is 1. The van der Waals surface area contributed by atoms with Gasteiger partial charge in [0.25, 0.3) is 0 Å². The monoisotopic (exact) mass is 218 g/mol. The number of nitrogens with two attached hydrogens (primary N) is 2. The van der Waals surface area contributed by atoms with E-state index in [4.69, 9.17) is 16.2 Å². The predicted molar refractivity (Wildman–Crippen MR) is 63.2 cm³/mol. The van der Waals surface area contributed by atoms with E-state index in [1.165, 1.54) is 0 Å². The van der Waals surface area contributed by atoms with E-state index in [1.807, 2.05) is 13.1 Å². The maximum absolute atomic E-state index is 5.68. The number of nitrogen functional groups attached to an aromatic ring is 2. The van der Waals surface area contributed by atoms with Crippen molar-refractivity contribution in [3.05, 3.63) is 30.6 Å². The Morgan fingerprint density at radius 3 is 2.69 bits per heavy atom. The van der Waals surface area contributed by atoms with Gasteiger partial charge in [-0.15, -0.1) is 0 Å². The molecule has 2 aromatic rings. The quantitative estimate of drug-likeness (QED) is 0.771. The summed E-state index contributed by atoms with van der Waals surface area (Å²) in [7, 11) is 0. The average molecular weight is 218 g/mol. The molecular weight excluding hydrogens is 204 g/mol. The van der Waals surface area contributed by atoms with Crippen molar-refractivity contribution in [2.24, 2.45) is 0 Å². The Bertz CT molecular complexity index is 492. The van der Waals surface area contributed by atoms with Crippen LogP contribution in [0.5, 0.6) is 11.5 Å². The normalized spacial score (nSPS) is 10.3. The second-order valence-corrected chi connectivity index (χ2v) is 3.42. The summed E-state index contributed by atoms with van der Waals surface area (Å²) in [6, 6.07) is 5.18. The van der Waals surface area contributed by atoms with Crippen molar-refractivity contribution in [1.82, 2.24) is 9.78 Å². The minimum atomic E-state index is 0.514. The van der Waals surface area contributed by atoms with E-state index in [-0.39, 0.29) is 0 Å². The van der Waals surface area contributed by atoms with Crippen LogP contribution in [0.25, 0.3) is 0 Å². The van der Waals surface area contributed by atoms with Crippen LogP contribution in [-0.4, -0.2) is 9.78 Å². The largest absolute Gasteiger partial charge is 0.454 e. The lowest BCUT2D eigenvalue weighted by atomic mass is 10.2. The number of aromatic nitrogens is 2. The van der Waals surface area contributed by atoms with Crippen molar-refractivity contribution in [3.63, 3.8) is 0 Å².